The minimum absolute atomic E-state index is 0.0539. The van der Waals surface area contributed by atoms with E-state index in [2.05, 4.69) is 27.1 Å². The highest BCUT2D eigenvalue weighted by atomic mass is 32.2. The summed E-state index contributed by atoms with van der Waals surface area (Å²) in [6.45, 7) is 5.30. The maximum absolute atomic E-state index is 12.2. The Hall–Kier alpha value is -3.50. The van der Waals surface area contributed by atoms with Gasteiger partial charge in [0.15, 0.2) is 11.5 Å². The molecule has 0 saturated carbocycles. The van der Waals surface area contributed by atoms with E-state index in [4.69, 9.17) is 5.73 Å². The molecule has 0 radical (unpaired) electrons. The van der Waals surface area contributed by atoms with Gasteiger partial charge < -0.3 is 11.1 Å². The second-order valence-corrected chi connectivity index (χ2v) is 8.88. The molecule has 6 nitrogen and oxygen atoms in total. The van der Waals surface area contributed by atoms with Gasteiger partial charge in [-0.05, 0) is 36.3 Å². The summed E-state index contributed by atoms with van der Waals surface area (Å²) >= 11 is 0. The summed E-state index contributed by atoms with van der Waals surface area (Å²) in [5.41, 5.74) is 9.17. The van der Waals surface area contributed by atoms with Gasteiger partial charge in [0.25, 0.3) is 0 Å². The van der Waals surface area contributed by atoms with Crippen molar-refractivity contribution < 1.29 is 9.00 Å². The van der Waals surface area contributed by atoms with Crippen molar-refractivity contribution in [3.8, 4) is 23.1 Å². The molecular formula is C23H22N4O2S. The molecule has 0 saturated heterocycles. The van der Waals surface area contributed by atoms with Gasteiger partial charge >= 0.3 is 0 Å². The van der Waals surface area contributed by atoms with Crippen LogP contribution in [0.25, 0.3) is 11.3 Å². The van der Waals surface area contributed by atoms with E-state index in [0.29, 0.717) is 22.6 Å². The van der Waals surface area contributed by atoms with Crippen LogP contribution in [-0.2, 0) is 15.6 Å². The second kappa shape index (κ2) is 9.33. The largest absolute Gasteiger partial charge is 0.381 e. The summed E-state index contributed by atoms with van der Waals surface area (Å²) in [4.78, 5) is 20.7. The molecule has 1 amide bonds. The summed E-state index contributed by atoms with van der Waals surface area (Å²) in [6, 6.07) is 14.6. The first kappa shape index (κ1) is 21.2. The number of carbonyl (C=O) groups excluding carboxylic acids is 1. The predicted octanol–water partition coefficient (Wildman–Crippen LogP) is 3.60. The monoisotopic (exact) mass is 418 g/mol. The van der Waals surface area contributed by atoms with Gasteiger partial charge in [-0.2, -0.15) is 0 Å². The van der Waals surface area contributed by atoms with E-state index in [1.54, 1.807) is 18.3 Å². The fraction of sp³-hybridized carbons (Fsp3) is 0.174. The maximum atomic E-state index is 12.2. The second-order valence-electron chi connectivity index (χ2n) is 6.87. The number of nitrogens with zero attached hydrogens (tertiary/aromatic N) is 2. The molecule has 0 aliphatic rings. The number of amides is 1. The number of hydrogen-bond acceptors (Lipinski definition) is 5. The lowest BCUT2D eigenvalue weighted by atomic mass is 10.1. The zero-order chi connectivity index (χ0) is 21.7. The van der Waals surface area contributed by atoms with Gasteiger partial charge in [0.05, 0.1) is 22.7 Å². The summed E-state index contributed by atoms with van der Waals surface area (Å²) in [7, 11) is -1.04. The number of aromatic nitrogens is 2. The van der Waals surface area contributed by atoms with E-state index in [1.165, 1.54) is 6.92 Å². The molecule has 7 heteroatoms. The lowest BCUT2D eigenvalue weighted by molar-refractivity contribution is -0.114. The highest BCUT2D eigenvalue weighted by molar-refractivity contribution is 7.85. The SMILES string of the molecule is CC(=O)Nc1cccc(C#Cc2nc(-c3ccc(S(=O)C(C)C)cc3)cnc2N)c1. The van der Waals surface area contributed by atoms with Crippen LogP contribution in [0.4, 0.5) is 11.5 Å². The third-order valence-electron chi connectivity index (χ3n) is 4.12. The average Bonchev–Trinajstić information content (AvgIpc) is 2.72. The number of rotatable bonds is 4. The Bertz CT molecular complexity index is 1160. The first-order valence-electron chi connectivity index (χ1n) is 9.36. The first-order chi connectivity index (χ1) is 14.3. The minimum Gasteiger partial charge on any atom is -0.381 e. The minimum atomic E-state index is -1.04. The molecule has 0 bridgehead atoms. The van der Waals surface area contributed by atoms with E-state index < -0.39 is 10.8 Å². The van der Waals surface area contributed by atoms with Crippen molar-refractivity contribution >= 4 is 28.2 Å². The molecule has 3 rings (SSSR count). The van der Waals surface area contributed by atoms with Gasteiger partial charge in [0.1, 0.15) is 0 Å². The molecule has 1 heterocycles. The molecule has 1 unspecified atom stereocenters. The summed E-state index contributed by atoms with van der Waals surface area (Å²) in [6.07, 6.45) is 1.59. The Morgan fingerprint density at radius 2 is 1.87 bits per heavy atom. The van der Waals surface area contributed by atoms with Crippen LogP contribution in [0.5, 0.6) is 0 Å². The van der Waals surface area contributed by atoms with Crippen molar-refractivity contribution in [2.75, 3.05) is 11.1 Å². The molecule has 3 N–H and O–H groups in total. The van der Waals surface area contributed by atoms with Gasteiger partial charge in [-0.25, -0.2) is 9.97 Å². The third kappa shape index (κ3) is 5.31. The Labute approximate surface area is 178 Å². The van der Waals surface area contributed by atoms with E-state index in [-0.39, 0.29) is 17.0 Å². The number of nitrogen functional groups attached to an aromatic ring is 1. The number of benzene rings is 2. The lowest BCUT2D eigenvalue weighted by Gasteiger charge is -2.07. The number of nitrogens with two attached hydrogens (primary N) is 1. The van der Waals surface area contributed by atoms with Gasteiger partial charge in [-0.15, -0.1) is 0 Å². The zero-order valence-electron chi connectivity index (χ0n) is 17.0. The van der Waals surface area contributed by atoms with E-state index in [9.17, 15) is 9.00 Å². The molecule has 2 aromatic carbocycles. The van der Waals surface area contributed by atoms with Gasteiger partial charge in [-0.3, -0.25) is 9.00 Å². The molecule has 152 valence electrons. The van der Waals surface area contributed by atoms with E-state index in [1.807, 2.05) is 50.2 Å². The maximum Gasteiger partial charge on any atom is 0.221 e. The molecule has 0 spiro atoms. The molecule has 0 aliphatic heterocycles. The Morgan fingerprint density at radius 1 is 1.13 bits per heavy atom. The highest BCUT2D eigenvalue weighted by Gasteiger charge is 2.10. The van der Waals surface area contributed by atoms with Crippen LogP contribution in [0.2, 0.25) is 0 Å². The molecule has 0 aliphatic carbocycles. The van der Waals surface area contributed by atoms with E-state index >= 15 is 0 Å². The first-order valence-corrected chi connectivity index (χ1v) is 10.6. The van der Waals surface area contributed by atoms with Crippen molar-refractivity contribution in [3.63, 3.8) is 0 Å². The zero-order valence-corrected chi connectivity index (χ0v) is 17.8. The third-order valence-corrected chi connectivity index (χ3v) is 5.71. The van der Waals surface area contributed by atoms with Crippen molar-refractivity contribution in [1.82, 2.24) is 9.97 Å². The number of nitrogens with one attached hydrogen (secondary N) is 1. The predicted molar refractivity (Wildman–Crippen MR) is 120 cm³/mol. The molecule has 1 atom stereocenters. The summed E-state index contributed by atoms with van der Waals surface area (Å²) in [5, 5.41) is 2.78. The van der Waals surface area contributed by atoms with Crippen LogP contribution < -0.4 is 11.1 Å². The van der Waals surface area contributed by atoms with Crippen molar-refractivity contribution in [2.45, 2.75) is 30.9 Å². The lowest BCUT2D eigenvalue weighted by Crippen LogP contribution is -2.05. The normalized spacial score (nSPS) is 11.5. The highest BCUT2D eigenvalue weighted by Crippen LogP contribution is 2.21. The van der Waals surface area contributed by atoms with Gasteiger partial charge in [-0.1, -0.05) is 38.0 Å². The van der Waals surface area contributed by atoms with Crippen molar-refractivity contribution in [2.24, 2.45) is 0 Å². The number of anilines is 2. The topological polar surface area (TPSA) is 98.0 Å². The fourth-order valence-electron chi connectivity index (χ4n) is 2.67. The molecule has 3 aromatic rings. The molecule has 30 heavy (non-hydrogen) atoms. The molecule has 0 fully saturated rings. The van der Waals surface area contributed by atoms with Crippen LogP contribution in [0.3, 0.4) is 0 Å². The average molecular weight is 419 g/mol. The fourth-order valence-corrected chi connectivity index (χ4v) is 3.62. The smallest absolute Gasteiger partial charge is 0.221 e. The van der Waals surface area contributed by atoms with Crippen LogP contribution in [0.15, 0.2) is 59.6 Å². The van der Waals surface area contributed by atoms with Crippen molar-refractivity contribution in [1.29, 1.82) is 0 Å². The number of carbonyl (C=O) groups is 1. The molecule has 1 aromatic heterocycles. The van der Waals surface area contributed by atoms with Gasteiger partial charge in [0.2, 0.25) is 5.91 Å². The van der Waals surface area contributed by atoms with Gasteiger partial charge in [0, 0.05) is 33.9 Å². The summed E-state index contributed by atoms with van der Waals surface area (Å²) < 4.78 is 12.2. The van der Waals surface area contributed by atoms with Crippen LogP contribution in [-0.4, -0.2) is 25.3 Å². The van der Waals surface area contributed by atoms with Crippen LogP contribution in [0.1, 0.15) is 32.0 Å². The quantitative estimate of drug-likeness (QED) is 0.631. The molecular weight excluding hydrogens is 396 g/mol. The Morgan fingerprint density at radius 3 is 2.53 bits per heavy atom. The van der Waals surface area contributed by atoms with Crippen molar-refractivity contribution in [3.05, 3.63) is 66.0 Å². The Kier molecular flexibility index (Phi) is 6.60. The number of hydrogen-bond donors (Lipinski definition) is 2. The Balaban J connectivity index is 1.87. The standard InChI is InChI=1S/C23H22N4O2S/c1-15(2)30(29)20-10-8-18(9-11-20)22-14-25-23(24)21(27-22)12-7-17-5-4-6-19(13-17)26-16(3)28/h4-6,8-11,13-15H,1-3H3,(H2,24,25)(H,26,28). The van der Waals surface area contributed by atoms with Crippen LogP contribution >= 0.6 is 0 Å². The summed E-state index contributed by atoms with van der Waals surface area (Å²) in [5.74, 6) is 6.05. The van der Waals surface area contributed by atoms with Crippen LogP contribution in [0, 0.1) is 11.8 Å². The van der Waals surface area contributed by atoms with E-state index in [0.717, 1.165) is 10.5 Å².